The molecular formula is C13H20N2O3S. The summed E-state index contributed by atoms with van der Waals surface area (Å²) in [5, 5.41) is 12.7. The molecule has 106 valence electrons. The average Bonchev–Trinajstić information content (AvgIpc) is 2.71. The standard InChI is InChI=1S/C13H20N2O3S/c1-15(2)19(17,18)8-7-14-13-6-3-10-9-11(16)4-5-12(10)13/h4-5,9,13-14,16H,3,6-8H2,1-2H3. The zero-order chi connectivity index (χ0) is 14.0. The smallest absolute Gasteiger partial charge is 0.214 e. The molecule has 0 bridgehead atoms. The zero-order valence-electron chi connectivity index (χ0n) is 11.3. The van der Waals surface area contributed by atoms with Gasteiger partial charge in [0, 0.05) is 26.7 Å². The first-order valence-electron chi connectivity index (χ1n) is 6.35. The molecule has 1 atom stereocenters. The third-order valence-electron chi connectivity index (χ3n) is 3.51. The van der Waals surface area contributed by atoms with Crippen LogP contribution in [0.2, 0.25) is 0 Å². The van der Waals surface area contributed by atoms with Crippen molar-refractivity contribution in [3.8, 4) is 5.75 Å². The van der Waals surface area contributed by atoms with E-state index in [2.05, 4.69) is 5.32 Å². The van der Waals surface area contributed by atoms with Crippen molar-refractivity contribution in [3.63, 3.8) is 0 Å². The molecule has 2 N–H and O–H groups in total. The van der Waals surface area contributed by atoms with Crippen LogP contribution in [0.4, 0.5) is 0 Å². The van der Waals surface area contributed by atoms with Crippen LogP contribution in [0.15, 0.2) is 18.2 Å². The molecule has 5 nitrogen and oxygen atoms in total. The number of hydrogen-bond donors (Lipinski definition) is 2. The van der Waals surface area contributed by atoms with Crippen molar-refractivity contribution < 1.29 is 13.5 Å². The molecule has 0 aliphatic heterocycles. The molecule has 2 rings (SSSR count). The van der Waals surface area contributed by atoms with E-state index in [9.17, 15) is 13.5 Å². The van der Waals surface area contributed by atoms with E-state index in [4.69, 9.17) is 0 Å². The molecule has 6 heteroatoms. The molecule has 0 radical (unpaired) electrons. The molecule has 1 aliphatic rings. The molecule has 0 fully saturated rings. The van der Waals surface area contributed by atoms with Gasteiger partial charge in [0.15, 0.2) is 0 Å². The maximum absolute atomic E-state index is 11.6. The van der Waals surface area contributed by atoms with Gasteiger partial charge in [-0.1, -0.05) is 6.07 Å². The first-order valence-corrected chi connectivity index (χ1v) is 7.96. The van der Waals surface area contributed by atoms with Crippen LogP contribution in [0.5, 0.6) is 5.75 Å². The van der Waals surface area contributed by atoms with E-state index in [1.54, 1.807) is 26.2 Å². The summed E-state index contributed by atoms with van der Waals surface area (Å²) in [7, 11) is -0.0539. The highest BCUT2D eigenvalue weighted by atomic mass is 32.2. The SMILES string of the molecule is CN(C)S(=O)(=O)CCNC1CCc2cc(O)ccc21. The number of rotatable bonds is 5. The van der Waals surface area contributed by atoms with Gasteiger partial charge < -0.3 is 10.4 Å². The topological polar surface area (TPSA) is 69.6 Å². The lowest BCUT2D eigenvalue weighted by molar-refractivity contribution is 0.474. The van der Waals surface area contributed by atoms with Crippen LogP contribution in [0.1, 0.15) is 23.6 Å². The number of phenolic OH excluding ortho intramolecular Hbond substituents is 1. The molecule has 0 saturated heterocycles. The number of nitrogens with one attached hydrogen (secondary N) is 1. The van der Waals surface area contributed by atoms with E-state index >= 15 is 0 Å². The normalized spacial score (nSPS) is 18.8. The molecule has 0 spiro atoms. The molecule has 1 unspecified atom stereocenters. The third kappa shape index (κ3) is 3.26. The number of fused-ring (bicyclic) bond motifs is 1. The summed E-state index contributed by atoms with van der Waals surface area (Å²) < 4.78 is 24.5. The van der Waals surface area contributed by atoms with E-state index < -0.39 is 10.0 Å². The lowest BCUT2D eigenvalue weighted by Gasteiger charge is -2.16. The lowest BCUT2D eigenvalue weighted by atomic mass is 10.1. The highest BCUT2D eigenvalue weighted by molar-refractivity contribution is 7.89. The van der Waals surface area contributed by atoms with Gasteiger partial charge in [0.1, 0.15) is 5.75 Å². The Balaban J connectivity index is 1.94. The van der Waals surface area contributed by atoms with Crippen LogP contribution in [0, 0.1) is 0 Å². The zero-order valence-corrected chi connectivity index (χ0v) is 12.1. The lowest BCUT2D eigenvalue weighted by Crippen LogP contribution is -2.32. The van der Waals surface area contributed by atoms with Crippen molar-refractivity contribution in [2.75, 3.05) is 26.4 Å². The Morgan fingerprint density at radius 3 is 2.84 bits per heavy atom. The van der Waals surface area contributed by atoms with Crippen LogP contribution >= 0.6 is 0 Å². The summed E-state index contributed by atoms with van der Waals surface area (Å²) in [6, 6.07) is 5.56. The fourth-order valence-electron chi connectivity index (χ4n) is 2.36. The van der Waals surface area contributed by atoms with Crippen molar-refractivity contribution in [2.24, 2.45) is 0 Å². The second-order valence-corrected chi connectivity index (χ2v) is 7.33. The Morgan fingerprint density at radius 1 is 1.42 bits per heavy atom. The molecule has 0 saturated carbocycles. The molecule has 0 amide bonds. The highest BCUT2D eigenvalue weighted by Crippen LogP contribution is 2.32. The van der Waals surface area contributed by atoms with E-state index in [1.807, 2.05) is 6.07 Å². The van der Waals surface area contributed by atoms with Gasteiger partial charge in [-0.15, -0.1) is 0 Å². The Morgan fingerprint density at radius 2 is 2.16 bits per heavy atom. The summed E-state index contributed by atoms with van der Waals surface area (Å²) in [4.78, 5) is 0. The number of hydrogen-bond acceptors (Lipinski definition) is 4. The summed E-state index contributed by atoms with van der Waals surface area (Å²) in [5.41, 5.74) is 2.31. The van der Waals surface area contributed by atoms with Crippen molar-refractivity contribution in [1.29, 1.82) is 0 Å². The molecular weight excluding hydrogens is 264 g/mol. The largest absolute Gasteiger partial charge is 0.508 e. The summed E-state index contributed by atoms with van der Waals surface area (Å²) >= 11 is 0. The maximum atomic E-state index is 11.6. The van der Waals surface area contributed by atoms with E-state index in [1.165, 1.54) is 9.87 Å². The maximum Gasteiger partial charge on any atom is 0.214 e. The first kappa shape index (κ1) is 14.3. The van der Waals surface area contributed by atoms with Crippen molar-refractivity contribution >= 4 is 10.0 Å². The third-order valence-corrected chi connectivity index (χ3v) is 5.34. The fourth-order valence-corrected chi connectivity index (χ4v) is 3.10. The quantitative estimate of drug-likeness (QED) is 0.841. The van der Waals surface area contributed by atoms with E-state index in [0.29, 0.717) is 6.54 Å². The highest BCUT2D eigenvalue weighted by Gasteiger charge is 2.23. The van der Waals surface area contributed by atoms with Gasteiger partial charge in [-0.05, 0) is 36.1 Å². The van der Waals surface area contributed by atoms with Crippen LogP contribution in [0.25, 0.3) is 0 Å². The van der Waals surface area contributed by atoms with Crippen LogP contribution < -0.4 is 5.32 Å². The minimum atomic E-state index is -3.14. The predicted molar refractivity (Wildman–Crippen MR) is 74.6 cm³/mol. The second-order valence-electron chi connectivity index (χ2n) is 5.03. The number of aryl methyl sites for hydroxylation is 1. The molecule has 0 heterocycles. The Bertz CT molecular complexity index is 555. The number of sulfonamides is 1. The summed E-state index contributed by atoms with van der Waals surface area (Å²) in [6.45, 7) is 0.436. The average molecular weight is 284 g/mol. The minimum Gasteiger partial charge on any atom is -0.508 e. The monoisotopic (exact) mass is 284 g/mol. The first-order chi connectivity index (χ1) is 8.90. The molecule has 1 aliphatic carbocycles. The number of phenols is 1. The van der Waals surface area contributed by atoms with Crippen LogP contribution in [0.3, 0.4) is 0 Å². The second kappa shape index (κ2) is 5.48. The van der Waals surface area contributed by atoms with Crippen LogP contribution in [-0.2, 0) is 16.4 Å². The van der Waals surface area contributed by atoms with E-state index in [0.717, 1.165) is 18.4 Å². The summed E-state index contributed by atoms with van der Waals surface area (Å²) in [5.74, 6) is 0.388. The van der Waals surface area contributed by atoms with E-state index in [-0.39, 0.29) is 17.5 Å². The van der Waals surface area contributed by atoms with Crippen LogP contribution in [-0.4, -0.2) is 44.2 Å². The molecule has 1 aromatic carbocycles. The fraction of sp³-hybridized carbons (Fsp3) is 0.538. The van der Waals surface area contributed by atoms with Gasteiger partial charge in [0.05, 0.1) is 5.75 Å². The van der Waals surface area contributed by atoms with Gasteiger partial charge in [-0.3, -0.25) is 0 Å². The van der Waals surface area contributed by atoms with Crippen molar-refractivity contribution in [1.82, 2.24) is 9.62 Å². The van der Waals surface area contributed by atoms with Gasteiger partial charge in [-0.25, -0.2) is 12.7 Å². The van der Waals surface area contributed by atoms with Gasteiger partial charge >= 0.3 is 0 Å². The molecule has 1 aromatic rings. The molecule has 0 aromatic heterocycles. The van der Waals surface area contributed by atoms with Gasteiger partial charge in [-0.2, -0.15) is 0 Å². The minimum absolute atomic E-state index is 0.101. The molecule has 19 heavy (non-hydrogen) atoms. The number of benzene rings is 1. The summed E-state index contributed by atoms with van der Waals surface area (Å²) in [6.07, 6.45) is 1.86. The van der Waals surface area contributed by atoms with Gasteiger partial charge in [0.2, 0.25) is 10.0 Å². The predicted octanol–water partition coefficient (Wildman–Crippen LogP) is 0.861. The van der Waals surface area contributed by atoms with Crippen molar-refractivity contribution in [3.05, 3.63) is 29.3 Å². The number of nitrogens with zero attached hydrogens (tertiary/aromatic N) is 1. The number of aromatic hydroxyl groups is 1. The van der Waals surface area contributed by atoms with Crippen molar-refractivity contribution in [2.45, 2.75) is 18.9 Å². The Kier molecular flexibility index (Phi) is 4.13. The van der Waals surface area contributed by atoms with Gasteiger partial charge in [0.25, 0.3) is 0 Å². The Hall–Kier alpha value is -1.11. The Labute approximate surface area is 114 Å².